The molecule has 0 saturated heterocycles. The summed E-state index contributed by atoms with van der Waals surface area (Å²) in [4.78, 5) is 16.7. The van der Waals surface area contributed by atoms with Crippen molar-refractivity contribution < 1.29 is 13.9 Å². The summed E-state index contributed by atoms with van der Waals surface area (Å²) in [6.07, 6.45) is -0.695. The van der Waals surface area contributed by atoms with Crippen LogP contribution in [0.1, 0.15) is 30.0 Å². The zero-order chi connectivity index (χ0) is 18.3. The van der Waals surface area contributed by atoms with Gasteiger partial charge in [-0.1, -0.05) is 18.2 Å². The van der Waals surface area contributed by atoms with Gasteiger partial charge < -0.3 is 4.74 Å². The lowest BCUT2D eigenvalue weighted by molar-refractivity contribution is -0.135. The van der Waals surface area contributed by atoms with Gasteiger partial charge >= 0.3 is 0 Å². The number of para-hydroxylation sites is 1. The second-order valence-electron chi connectivity index (χ2n) is 6.12. The molecule has 1 aromatic heterocycles. The minimum atomic E-state index is -0.695. The van der Waals surface area contributed by atoms with E-state index in [9.17, 15) is 9.18 Å². The summed E-state index contributed by atoms with van der Waals surface area (Å²) < 4.78 is 19.2. The molecular weight excluding hydrogens is 333 g/mol. The van der Waals surface area contributed by atoms with Crippen molar-refractivity contribution in [2.75, 3.05) is 0 Å². The molecule has 2 heterocycles. The van der Waals surface area contributed by atoms with Gasteiger partial charge in [-0.15, -0.1) is 5.10 Å². The fraction of sp³-hybridized carbons (Fsp3) is 0.150. The molecule has 1 atom stereocenters. The van der Waals surface area contributed by atoms with E-state index in [-0.39, 0.29) is 17.6 Å². The molecule has 6 heteroatoms. The summed E-state index contributed by atoms with van der Waals surface area (Å²) in [6, 6.07) is 15.4. The molecule has 0 bridgehead atoms. The van der Waals surface area contributed by atoms with E-state index in [0.717, 1.165) is 22.2 Å². The van der Waals surface area contributed by atoms with Crippen LogP contribution in [-0.4, -0.2) is 21.8 Å². The van der Waals surface area contributed by atoms with Crippen molar-refractivity contribution in [3.05, 3.63) is 77.2 Å². The van der Waals surface area contributed by atoms with Gasteiger partial charge in [-0.3, -0.25) is 9.78 Å². The summed E-state index contributed by atoms with van der Waals surface area (Å²) in [5.74, 6) is -0.308. The highest BCUT2D eigenvalue weighted by Gasteiger charge is 2.34. The SMILES string of the molecule is CC(=O)N1N=C(c2ccc(F)cc2)O[C@H]1c1cc(C)nc2ccccc12. The molecule has 5 nitrogen and oxygen atoms in total. The number of benzene rings is 2. The van der Waals surface area contributed by atoms with Crippen LogP contribution in [0, 0.1) is 12.7 Å². The van der Waals surface area contributed by atoms with E-state index < -0.39 is 6.23 Å². The van der Waals surface area contributed by atoms with Gasteiger partial charge in [0.15, 0.2) is 0 Å². The normalized spacial score (nSPS) is 16.5. The van der Waals surface area contributed by atoms with Crippen LogP contribution in [0.5, 0.6) is 0 Å². The summed E-state index contributed by atoms with van der Waals surface area (Å²) >= 11 is 0. The number of halogens is 1. The number of rotatable bonds is 2. The summed E-state index contributed by atoms with van der Waals surface area (Å²) in [6.45, 7) is 3.33. The molecular formula is C20H16FN3O2. The molecule has 0 saturated carbocycles. The van der Waals surface area contributed by atoms with Gasteiger partial charge in [0.1, 0.15) is 5.82 Å². The first kappa shape index (κ1) is 16.2. The fourth-order valence-electron chi connectivity index (χ4n) is 3.02. The largest absolute Gasteiger partial charge is 0.446 e. The van der Waals surface area contributed by atoms with Crippen LogP contribution in [0.3, 0.4) is 0 Å². The number of hydrogen-bond donors (Lipinski definition) is 0. The molecule has 130 valence electrons. The monoisotopic (exact) mass is 349 g/mol. The number of pyridine rings is 1. The zero-order valence-corrected chi connectivity index (χ0v) is 14.3. The molecule has 4 rings (SSSR count). The molecule has 0 spiro atoms. The Kier molecular flexibility index (Phi) is 3.88. The Morgan fingerprint density at radius 3 is 2.62 bits per heavy atom. The standard InChI is InChI=1S/C20H16FN3O2/c1-12-11-17(16-5-3-4-6-18(16)22-12)20-24(13(2)25)23-19(26-20)14-7-9-15(21)10-8-14/h3-11,20H,1-2H3/t20-/m0/s1. The Balaban J connectivity index is 1.80. The van der Waals surface area contributed by atoms with Crippen LogP contribution >= 0.6 is 0 Å². The van der Waals surface area contributed by atoms with Crippen molar-refractivity contribution >= 4 is 22.7 Å². The number of ether oxygens (including phenoxy) is 1. The van der Waals surface area contributed by atoms with Crippen LogP contribution < -0.4 is 0 Å². The van der Waals surface area contributed by atoms with Gasteiger partial charge in [0.25, 0.3) is 0 Å². The van der Waals surface area contributed by atoms with E-state index in [2.05, 4.69) is 10.1 Å². The average Bonchev–Trinajstić information content (AvgIpc) is 3.07. The number of hydrogen-bond acceptors (Lipinski definition) is 4. The van der Waals surface area contributed by atoms with Gasteiger partial charge in [0, 0.05) is 29.1 Å². The van der Waals surface area contributed by atoms with Crippen molar-refractivity contribution in [1.82, 2.24) is 9.99 Å². The zero-order valence-electron chi connectivity index (χ0n) is 14.3. The number of carbonyl (C=O) groups is 1. The van der Waals surface area contributed by atoms with Crippen LogP contribution in [0.25, 0.3) is 10.9 Å². The number of nitrogens with zero attached hydrogens (tertiary/aromatic N) is 3. The fourth-order valence-corrected chi connectivity index (χ4v) is 3.02. The van der Waals surface area contributed by atoms with Crippen molar-refractivity contribution in [2.24, 2.45) is 5.10 Å². The van der Waals surface area contributed by atoms with Crippen LogP contribution in [-0.2, 0) is 9.53 Å². The number of hydrazone groups is 1. The van der Waals surface area contributed by atoms with Crippen LogP contribution in [0.4, 0.5) is 4.39 Å². The lowest BCUT2D eigenvalue weighted by atomic mass is 10.1. The highest BCUT2D eigenvalue weighted by molar-refractivity contribution is 5.97. The van der Waals surface area contributed by atoms with E-state index in [1.807, 2.05) is 37.3 Å². The first-order valence-electron chi connectivity index (χ1n) is 8.20. The smallest absolute Gasteiger partial charge is 0.243 e. The molecule has 3 aromatic rings. The number of carbonyl (C=O) groups excluding carboxylic acids is 1. The Morgan fingerprint density at radius 1 is 1.15 bits per heavy atom. The van der Waals surface area contributed by atoms with Gasteiger partial charge in [0.05, 0.1) is 5.52 Å². The molecule has 0 N–H and O–H groups in total. The van der Waals surface area contributed by atoms with E-state index in [4.69, 9.17) is 4.74 Å². The summed E-state index contributed by atoms with van der Waals surface area (Å²) in [7, 11) is 0. The number of aromatic nitrogens is 1. The Morgan fingerprint density at radius 2 is 1.88 bits per heavy atom. The molecule has 1 amide bonds. The molecule has 0 fully saturated rings. The van der Waals surface area contributed by atoms with Gasteiger partial charge in [-0.05, 0) is 43.3 Å². The molecule has 2 aromatic carbocycles. The Hall–Kier alpha value is -3.28. The number of aryl methyl sites for hydroxylation is 1. The Bertz CT molecular complexity index is 1030. The Labute approximate surface area is 149 Å². The molecule has 0 radical (unpaired) electrons. The van der Waals surface area contributed by atoms with E-state index >= 15 is 0 Å². The van der Waals surface area contributed by atoms with Crippen LogP contribution in [0.2, 0.25) is 0 Å². The summed E-state index contributed by atoms with van der Waals surface area (Å²) in [5, 5.41) is 6.52. The van der Waals surface area contributed by atoms with E-state index in [1.54, 1.807) is 12.1 Å². The van der Waals surface area contributed by atoms with Gasteiger partial charge in [-0.2, -0.15) is 5.01 Å². The topological polar surface area (TPSA) is 54.8 Å². The lowest BCUT2D eigenvalue weighted by Gasteiger charge is -2.21. The third-order valence-corrected chi connectivity index (χ3v) is 4.20. The predicted octanol–water partition coefficient (Wildman–Crippen LogP) is 3.92. The summed E-state index contributed by atoms with van der Waals surface area (Å²) in [5.41, 5.74) is 3.06. The first-order chi connectivity index (χ1) is 12.5. The molecule has 0 unspecified atom stereocenters. The van der Waals surface area contributed by atoms with Crippen molar-refractivity contribution in [3.8, 4) is 0 Å². The van der Waals surface area contributed by atoms with Crippen LogP contribution in [0.15, 0.2) is 59.7 Å². The maximum atomic E-state index is 13.2. The second-order valence-corrected chi connectivity index (χ2v) is 6.12. The molecule has 0 aliphatic carbocycles. The highest BCUT2D eigenvalue weighted by atomic mass is 19.1. The van der Waals surface area contributed by atoms with Gasteiger partial charge in [-0.25, -0.2) is 4.39 Å². The van der Waals surface area contributed by atoms with Crippen molar-refractivity contribution in [1.29, 1.82) is 0 Å². The average molecular weight is 349 g/mol. The lowest BCUT2D eigenvalue weighted by Crippen LogP contribution is -2.25. The maximum Gasteiger partial charge on any atom is 0.243 e. The third-order valence-electron chi connectivity index (χ3n) is 4.20. The molecule has 26 heavy (non-hydrogen) atoms. The number of amides is 1. The van der Waals surface area contributed by atoms with Crippen molar-refractivity contribution in [2.45, 2.75) is 20.1 Å². The van der Waals surface area contributed by atoms with E-state index in [0.29, 0.717) is 5.56 Å². The quantitative estimate of drug-likeness (QED) is 0.705. The first-order valence-corrected chi connectivity index (χ1v) is 8.20. The number of fused-ring (bicyclic) bond motifs is 1. The molecule has 1 aliphatic rings. The minimum Gasteiger partial charge on any atom is -0.446 e. The maximum absolute atomic E-state index is 13.2. The minimum absolute atomic E-state index is 0.245. The van der Waals surface area contributed by atoms with Crippen molar-refractivity contribution in [3.63, 3.8) is 0 Å². The van der Waals surface area contributed by atoms with E-state index in [1.165, 1.54) is 24.1 Å². The highest BCUT2D eigenvalue weighted by Crippen LogP contribution is 2.34. The second kappa shape index (κ2) is 6.22. The molecule has 1 aliphatic heterocycles. The predicted molar refractivity (Wildman–Crippen MR) is 95.8 cm³/mol. The third kappa shape index (κ3) is 2.79. The van der Waals surface area contributed by atoms with Gasteiger partial charge in [0.2, 0.25) is 18.0 Å².